The van der Waals surface area contributed by atoms with Gasteiger partial charge >= 0.3 is 5.97 Å². The minimum atomic E-state index is -0.821. The van der Waals surface area contributed by atoms with Crippen LogP contribution in [0.5, 0.6) is 5.75 Å². The highest BCUT2D eigenvalue weighted by atomic mass is 32.2. The van der Waals surface area contributed by atoms with Gasteiger partial charge in [-0.1, -0.05) is 18.2 Å². The molecular weight excluding hydrogens is 344 g/mol. The Morgan fingerprint density at radius 2 is 1.85 bits per heavy atom. The predicted molar refractivity (Wildman–Crippen MR) is 108 cm³/mol. The van der Waals surface area contributed by atoms with Crippen LogP contribution in [-0.4, -0.2) is 24.4 Å². The summed E-state index contributed by atoms with van der Waals surface area (Å²) in [6, 6.07) is 14.3. The second kappa shape index (κ2) is 7.42. The van der Waals surface area contributed by atoms with E-state index in [1.165, 1.54) is 4.90 Å². The van der Waals surface area contributed by atoms with Gasteiger partial charge in [0.1, 0.15) is 5.75 Å². The van der Waals surface area contributed by atoms with Crippen LogP contribution in [0.3, 0.4) is 0 Å². The lowest BCUT2D eigenvalue weighted by atomic mass is 9.93. The Labute approximate surface area is 158 Å². The minimum Gasteiger partial charge on any atom is -0.497 e. The van der Waals surface area contributed by atoms with Crippen molar-refractivity contribution in [3.8, 4) is 5.75 Å². The molecule has 1 aliphatic carbocycles. The van der Waals surface area contributed by atoms with E-state index in [0.29, 0.717) is 0 Å². The number of fused-ring (bicyclic) bond motifs is 1. The van der Waals surface area contributed by atoms with Crippen LogP contribution in [0, 0.1) is 5.92 Å². The van der Waals surface area contributed by atoms with Crippen molar-refractivity contribution >= 4 is 35.0 Å². The van der Waals surface area contributed by atoms with E-state index in [2.05, 4.69) is 36.6 Å². The molecule has 0 saturated carbocycles. The Hall–Kier alpha value is -2.46. The van der Waals surface area contributed by atoms with Gasteiger partial charge in [-0.25, -0.2) is 0 Å². The minimum absolute atomic E-state index is 0.578. The number of hydrogen-bond acceptors (Lipinski definition) is 3. The van der Waals surface area contributed by atoms with Gasteiger partial charge in [0.25, 0.3) is 0 Å². The Kier molecular flexibility index (Phi) is 5.23. The molecule has 0 fully saturated rings. The molecule has 1 aliphatic rings. The largest absolute Gasteiger partial charge is 0.497 e. The fourth-order valence-corrected chi connectivity index (χ4v) is 3.80. The highest BCUT2D eigenvalue weighted by Gasteiger charge is 2.30. The van der Waals surface area contributed by atoms with Gasteiger partial charge in [0.15, 0.2) is 0 Å². The van der Waals surface area contributed by atoms with Crippen molar-refractivity contribution in [1.29, 1.82) is 0 Å². The smallest absolute Gasteiger partial charge is 0.310 e. The second-order valence-electron chi connectivity index (χ2n) is 6.34. The summed E-state index contributed by atoms with van der Waals surface area (Å²) < 4.78 is 5.35. The number of methoxy groups -OCH3 is 1. The van der Waals surface area contributed by atoms with Gasteiger partial charge in [-0.2, -0.15) is 0 Å². The maximum Gasteiger partial charge on any atom is 0.310 e. The van der Waals surface area contributed by atoms with Gasteiger partial charge in [0.2, 0.25) is 0 Å². The molecule has 0 heterocycles. The molecular formula is C22H22O3S. The summed E-state index contributed by atoms with van der Waals surface area (Å²) in [5.41, 5.74) is 6.05. The van der Waals surface area contributed by atoms with Crippen LogP contribution in [0.2, 0.25) is 0 Å². The quantitative estimate of drug-likeness (QED) is 0.713. The number of aliphatic carboxylic acids is 1. The van der Waals surface area contributed by atoms with E-state index in [1.807, 2.05) is 25.1 Å². The van der Waals surface area contributed by atoms with Gasteiger partial charge in [-0.05, 0) is 83.9 Å². The predicted octanol–water partition coefficient (Wildman–Crippen LogP) is 5.47. The van der Waals surface area contributed by atoms with E-state index in [0.717, 1.165) is 39.2 Å². The van der Waals surface area contributed by atoms with Gasteiger partial charge in [0.05, 0.1) is 13.0 Å². The topological polar surface area (TPSA) is 46.5 Å². The third-order valence-electron chi connectivity index (χ3n) is 4.85. The number of carboxylic acid groups (broad SMARTS) is 1. The molecule has 0 saturated heterocycles. The number of hydrogen-bond donors (Lipinski definition) is 1. The highest BCUT2D eigenvalue weighted by Crippen LogP contribution is 2.46. The zero-order valence-corrected chi connectivity index (χ0v) is 16.2. The zero-order chi connectivity index (χ0) is 18.8. The molecule has 3 rings (SSSR count). The van der Waals surface area contributed by atoms with Gasteiger partial charge in [-0.15, -0.1) is 11.8 Å². The van der Waals surface area contributed by atoms with Crippen LogP contribution in [-0.2, 0) is 4.79 Å². The number of carboxylic acids is 1. The fourth-order valence-electron chi connectivity index (χ4n) is 3.39. The monoisotopic (exact) mass is 366 g/mol. The number of allylic oxidation sites excluding steroid dienone is 2. The first-order chi connectivity index (χ1) is 12.5. The molecule has 3 nitrogen and oxygen atoms in total. The Balaban J connectivity index is 2.16. The molecule has 1 unspecified atom stereocenters. The van der Waals surface area contributed by atoms with Gasteiger partial charge < -0.3 is 9.84 Å². The van der Waals surface area contributed by atoms with E-state index in [4.69, 9.17) is 4.74 Å². The van der Waals surface area contributed by atoms with Crippen LogP contribution in [0.1, 0.15) is 30.5 Å². The van der Waals surface area contributed by atoms with Crippen LogP contribution < -0.4 is 4.74 Å². The van der Waals surface area contributed by atoms with Crippen molar-refractivity contribution in [2.45, 2.75) is 18.7 Å². The van der Waals surface area contributed by atoms with Crippen LogP contribution in [0.25, 0.3) is 17.2 Å². The van der Waals surface area contributed by atoms with Crippen molar-refractivity contribution in [3.63, 3.8) is 0 Å². The lowest BCUT2D eigenvalue weighted by molar-refractivity contribution is -0.139. The summed E-state index contributed by atoms with van der Waals surface area (Å²) >= 11 is 1.71. The molecule has 0 amide bonds. The summed E-state index contributed by atoms with van der Waals surface area (Å²) in [7, 11) is 1.62. The number of rotatable bonds is 5. The maximum absolute atomic E-state index is 11.6. The molecule has 26 heavy (non-hydrogen) atoms. The fraction of sp³-hybridized carbons (Fsp3) is 0.227. The molecule has 1 N–H and O–H groups in total. The summed E-state index contributed by atoms with van der Waals surface area (Å²) in [6.07, 6.45) is 4.19. The van der Waals surface area contributed by atoms with Gasteiger partial charge in [0, 0.05) is 4.90 Å². The van der Waals surface area contributed by atoms with Crippen LogP contribution in [0.15, 0.2) is 52.9 Å². The molecule has 0 aliphatic heterocycles. The van der Waals surface area contributed by atoms with Crippen molar-refractivity contribution in [2.75, 3.05) is 13.4 Å². The third-order valence-corrected chi connectivity index (χ3v) is 5.59. The van der Waals surface area contributed by atoms with Crippen molar-refractivity contribution in [1.82, 2.24) is 0 Å². The molecule has 0 aromatic heterocycles. The maximum atomic E-state index is 11.6. The van der Waals surface area contributed by atoms with E-state index >= 15 is 0 Å². The summed E-state index contributed by atoms with van der Waals surface area (Å²) in [5.74, 6) is -0.665. The van der Waals surface area contributed by atoms with Gasteiger partial charge in [-0.3, -0.25) is 4.79 Å². The standard InChI is InChI=1S/C22H22O3S/c1-13-19(11-15-5-8-17(26-4)9-6-15)18-10-7-16(25-3)12-20(18)21(13)14(2)22(23)24/h5-12,14H,1-4H3,(H,23,24)/b19-11+. The van der Waals surface area contributed by atoms with Crippen LogP contribution >= 0.6 is 11.8 Å². The van der Waals surface area contributed by atoms with E-state index in [1.54, 1.807) is 25.8 Å². The SMILES string of the molecule is COc1ccc2c(c1)C(C(C)C(=O)O)=C(C)/C2=C\c1ccc(SC)cc1. The molecule has 1 atom stereocenters. The van der Waals surface area contributed by atoms with Crippen molar-refractivity contribution in [2.24, 2.45) is 5.92 Å². The van der Waals surface area contributed by atoms with E-state index in [9.17, 15) is 9.90 Å². The lowest BCUT2D eigenvalue weighted by Gasteiger charge is -2.12. The first-order valence-electron chi connectivity index (χ1n) is 8.44. The molecule has 2 aromatic carbocycles. The molecule has 0 spiro atoms. The number of thioether (sulfide) groups is 1. The molecule has 0 bridgehead atoms. The Morgan fingerprint density at radius 1 is 1.15 bits per heavy atom. The summed E-state index contributed by atoms with van der Waals surface area (Å²) in [5, 5.41) is 9.56. The number of ether oxygens (including phenoxy) is 1. The van der Waals surface area contributed by atoms with E-state index in [-0.39, 0.29) is 0 Å². The average Bonchev–Trinajstić information content (AvgIpc) is 2.92. The summed E-state index contributed by atoms with van der Waals surface area (Å²) in [4.78, 5) is 12.9. The molecule has 0 radical (unpaired) electrons. The average molecular weight is 366 g/mol. The van der Waals surface area contributed by atoms with Crippen LogP contribution in [0.4, 0.5) is 0 Å². The highest BCUT2D eigenvalue weighted by molar-refractivity contribution is 7.98. The molecule has 134 valence electrons. The zero-order valence-electron chi connectivity index (χ0n) is 15.4. The molecule has 2 aromatic rings. The van der Waals surface area contributed by atoms with Crippen molar-refractivity contribution < 1.29 is 14.6 Å². The first-order valence-corrected chi connectivity index (χ1v) is 9.67. The summed E-state index contributed by atoms with van der Waals surface area (Å²) in [6.45, 7) is 3.74. The second-order valence-corrected chi connectivity index (χ2v) is 7.22. The van der Waals surface area contributed by atoms with Crippen molar-refractivity contribution in [3.05, 3.63) is 64.7 Å². The number of benzene rings is 2. The first kappa shape index (κ1) is 18.3. The Morgan fingerprint density at radius 3 is 2.42 bits per heavy atom. The normalized spacial score (nSPS) is 15.9. The third kappa shape index (κ3) is 3.29. The molecule has 4 heteroatoms. The number of carbonyl (C=O) groups is 1. The van der Waals surface area contributed by atoms with E-state index < -0.39 is 11.9 Å². The lowest BCUT2D eigenvalue weighted by Crippen LogP contribution is -2.11. The Bertz CT molecular complexity index is 907.